The van der Waals surface area contributed by atoms with Crippen molar-refractivity contribution in [3.05, 3.63) is 28.5 Å². The SMILES string of the molecule is OC1CCc2cc(Cl)ncc21. The summed E-state index contributed by atoms with van der Waals surface area (Å²) in [6, 6.07) is 1.83. The first-order chi connectivity index (χ1) is 5.27. The van der Waals surface area contributed by atoms with Crippen molar-refractivity contribution in [2.45, 2.75) is 18.9 Å². The lowest BCUT2D eigenvalue weighted by molar-refractivity contribution is 0.179. The van der Waals surface area contributed by atoms with Crippen molar-refractivity contribution in [3.8, 4) is 0 Å². The van der Waals surface area contributed by atoms with Gasteiger partial charge in [0.25, 0.3) is 0 Å². The highest BCUT2D eigenvalue weighted by molar-refractivity contribution is 6.29. The van der Waals surface area contributed by atoms with E-state index in [4.69, 9.17) is 11.6 Å². The van der Waals surface area contributed by atoms with E-state index in [0.717, 1.165) is 24.0 Å². The van der Waals surface area contributed by atoms with Gasteiger partial charge in [0.15, 0.2) is 0 Å². The standard InChI is InChI=1S/C8H8ClNO/c9-8-3-5-1-2-7(11)6(5)4-10-8/h3-4,7,11H,1-2H2. The third-order valence-corrected chi connectivity index (χ3v) is 2.24. The van der Waals surface area contributed by atoms with Gasteiger partial charge in [-0.25, -0.2) is 4.98 Å². The van der Waals surface area contributed by atoms with Crippen LogP contribution in [0.15, 0.2) is 12.3 Å². The summed E-state index contributed by atoms with van der Waals surface area (Å²) in [5.74, 6) is 0. The molecule has 1 aromatic heterocycles. The maximum atomic E-state index is 9.39. The lowest BCUT2D eigenvalue weighted by atomic mass is 10.2. The second kappa shape index (κ2) is 2.47. The van der Waals surface area contributed by atoms with E-state index in [1.807, 2.05) is 6.07 Å². The van der Waals surface area contributed by atoms with Crippen LogP contribution in [0.4, 0.5) is 0 Å². The number of hydrogen-bond donors (Lipinski definition) is 1. The number of pyridine rings is 1. The third kappa shape index (κ3) is 1.12. The maximum absolute atomic E-state index is 9.39. The van der Waals surface area contributed by atoms with E-state index in [1.54, 1.807) is 6.20 Å². The Balaban J connectivity index is 2.50. The van der Waals surface area contributed by atoms with Crippen LogP contribution in [-0.4, -0.2) is 10.1 Å². The molecular weight excluding hydrogens is 162 g/mol. The number of nitrogens with zero attached hydrogens (tertiary/aromatic N) is 1. The van der Waals surface area contributed by atoms with E-state index < -0.39 is 0 Å². The Kier molecular flexibility index (Phi) is 1.59. The molecule has 11 heavy (non-hydrogen) atoms. The Morgan fingerprint density at radius 3 is 3.27 bits per heavy atom. The van der Waals surface area contributed by atoms with Crippen LogP contribution in [0.3, 0.4) is 0 Å². The minimum Gasteiger partial charge on any atom is -0.388 e. The van der Waals surface area contributed by atoms with Gasteiger partial charge in [0.05, 0.1) is 6.10 Å². The largest absolute Gasteiger partial charge is 0.388 e. The smallest absolute Gasteiger partial charge is 0.129 e. The molecule has 0 saturated heterocycles. The second-order valence-corrected chi connectivity index (χ2v) is 3.15. The number of aliphatic hydroxyl groups excluding tert-OH is 1. The van der Waals surface area contributed by atoms with E-state index in [1.165, 1.54) is 0 Å². The maximum Gasteiger partial charge on any atom is 0.129 e. The monoisotopic (exact) mass is 169 g/mol. The summed E-state index contributed by atoms with van der Waals surface area (Å²) < 4.78 is 0. The molecule has 1 unspecified atom stereocenters. The van der Waals surface area contributed by atoms with Gasteiger partial charge in [-0.2, -0.15) is 0 Å². The zero-order chi connectivity index (χ0) is 7.84. The quantitative estimate of drug-likeness (QED) is 0.600. The van der Waals surface area contributed by atoms with Crippen LogP contribution < -0.4 is 0 Å². The van der Waals surface area contributed by atoms with E-state index in [-0.39, 0.29) is 6.10 Å². The number of fused-ring (bicyclic) bond motifs is 1. The van der Waals surface area contributed by atoms with Gasteiger partial charge in [0, 0.05) is 11.8 Å². The van der Waals surface area contributed by atoms with E-state index >= 15 is 0 Å². The highest BCUT2D eigenvalue weighted by Gasteiger charge is 2.20. The van der Waals surface area contributed by atoms with Gasteiger partial charge in [0.2, 0.25) is 0 Å². The van der Waals surface area contributed by atoms with Crippen molar-refractivity contribution in [1.29, 1.82) is 0 Å². The normalized spacial score (nSPS) is 21.8. The fraction of sp³-hybridized carbons (Fsp3) is 0.375. The summed E-state index contributed by atoms with van der Waals surface area (Å²) in [7, 11) is 0. The van der Waals surface area contributed by atoms with Crippen LogP contribution in [-0.2, 0) is 6.42 Å². The van der Waals surface area contributed by atoms with E-state index in [0.29, 0.717) is 5.15 Å². The van der Waals surface area contributed by atoms with Crippen LogP contribution in [0, 0.1) is 0 Å². The molecule has 1 N–H and O–H groups in total. The van der Waals surface area contributed by atoms with Crippen LogP contribution in [0.5, 0.6) is 0 Å². The average molecular weight is 170 g/mol. The van der Waals surface area contributed by atoms with Gasteiger partial charge in [0.1, 0.15) is 5.15 Å². The molecule has 1 aliphatic rings. The van der Waals surface area contributed by atoms with E-state index in [2.05, 4.69) is 4.98 Å². The van der Waals surface area contributed by atoms with Crippen LogP contribution in [0.2, 0.25) is 5.15 Å². The van der Waals surface area contributed by atoms with Gasteiger partial charge in [-0.15, -0.1) is 0 Å². The first-order valence-electron chi connectivity index (χ1n) is 3.60. The summed E-state index contributed by atoms with van der Waals surface area (Å²) in [6.45, 7) is 0. The second-order valence-electron chi connectivity index (χ2n) is 2.76. The number of rotatable bonds is 0. The Labute approximate surface area is 69.8 Å². The summed E-state index contributed by atoms with van der Waals surface area (Å²) >= 11 is 5.68. The Morgan fingerprint density at radius 1 is 1.64 bits per heavy atom. The Hall–Kier alpha value is -0.600. The predicted molar refractivity (Wildman–Crippen MR) is 42.5 cm³/mol. The molecule has 3 heteroatoms. The predicted octanol–water partition coefficient (Wildman–Crippen LogP) is 1.71. The van der Waals surface area contributed by atoms with Crippen molar-refractivity contribution in [1.82, 2.24) is 4.98 Å². The number of aryl methyl sites for hydroxylation is 1. The van der Waals surface area contributed by atoms with Crippen molar-refractivity contribution >= 4 is 11.6 Å². The first kappa shape index (κ1) is 7.07. The molecule has 0 amide bonds. The fourth-order valence-corrected chi connectivity index (χ4v) is 1.62. The summed E-state index contributed by atoms with van der Waals surface area (Å²) in [6.07, 6.45) is 3.06. The molecule has 0 spiro atoms. The van der Waals surface area contributed by atoms with Crippen LogP contribution in [0.25, 0.3) is 0 Å². The lowest BCUT2D eigenvalue weighted by Crippen LogP contribution is -1.90. The molecule has 1 atom stereocenters. The molecule has 0 aliphatic heterocycles. The fourth-order valence-electron chi connectivity index (χ4n) is 1.44. The van der Waals surface area contributed by atoms with Crippen molar-refractivity contribution < 1.29 is 5.11 Å². The molecule has 0 aromatic carbocycles. The van der Waals surface area contributed by atoms with Crippen molar-refractivity contribution in [2.24, 2.45) is 0 Å². The molecule has 2 nitrogen and oxygen atoms in total. The zero-order valence-electron chi connectivity index (χ0n) is 5.92. The highest BCUT2D eigenvalue weighted by atomic mass is 35.5. The molecule has 2 rings (SSSR count). The third-order valence-electron chi connectivity index (χ3n) is 2.04. The summed E-state index contributed by atoms with van der Waals surface area (Å²) in [4.78, 5) is 3.91. The van der Waals surface area contributed by atoms with Gasteiger partial charge in [-0.1, -0.05) is 11.6 Å². The number of halogens is 1. The number of aromatic nitrogens is 1. The summed E-state index contributed by atoms with van der Waals surface area (Å²) in [5.41, 5.74) is 2.08. The minimum atomic E-state index is -0.324. The molecule has 1 aliphatic carbocycles. The average Bonchev–Trinajstić information content (AvgIpc) is 2.32. The molecule has 0 saturated carbocycles. The highest BCUT2D eigenvalue weighted by Crippen LogP contribution is 2.31. The first-order valence-corrected chi connectivity index (χ1v) is 3.97. The van der Waals surface area contributed by atoms with Crippen molar-refractivity contribution in [3.63, 3.8) is 0 Å². The minimum absolute atomic E-state index is 0.324. The Bertz CT molecular complexity index is 287. The molecule has 1 heterocycles. The van der Waals surface area contributed by atoms with Gasteiger partial charge in [-0.3, -0.25) is 0 Å². The number of hydrogen-bond acceptors (Lipinski definition) is 2. The number of aliphatic hydroxyl groups is 1. The molecule has 0 fully saturated rings. The molecule has 0 radical (unpaired) electrons. The molecular formula is C8H8ClNO. The summed E-state index contributed by atoms with van der Waals surface area (Å²) in [5, 5.41) is 9.90. The molecule has 1 aromatic rings. The molecule has 58 valence electrons. The lowest BCUT2D eigenvalue weighted by Gasteiger charge is -2.01. The zero-order valence-corrected chi connectivity index (χ0v) is 6.67. The Morgan fingerprint density at radius 2 is 2.45 bits per heavy atom. The van der Waals surface area contributed by atoms with Crippen molar-refractivity contribution in [2.75, 3.05) is 0 Å². The van der Waals surface area contributed by atoms with Crippen LogP contribution in [0.1, 0.15) is 23.7 Å². The van der Waals surface area contributed by atoms with E-state index in [9.17, 15) is 5.11 Å². The molecule has 0 bridgehead atoms. The van der Waals surface area contributed by atoms with Gasteiger partial charge >= 0.3 is 0 Å². The van der Waals surface area contributed by atoms with Crippen LogP contribution >= 0.6 is 11.6 Å². The van der Waals surface area contributed by atoms with Gasteiger partial charge in [-0.05, 0) is 24.5 Å². The van der Waals surface area contributed by atoms with Gasteiger partial charge < -0.3 is 5.11 Å². The topological polar surface area (TPSA) is 33.1 Å².